The lowest BCUT2D eigenvalue weighted by molar-refractivity contribution is 0.0820. The average Bonchev–Trinajstić information content (AvgIpc) is 2.90. The Kier molecular flexibility index (Phi) is 4.36. The van der Waals surface area contributed by atoms with Crippen LogP contribution in [0.1, 0.15) is 31.7 Å². The van der Waals surface area contributed by atoms with E-state index in [1.54, 1.807) is 0 Å². The molecule has 1 aromatic carbocycles. The van der Waals surface area contributed by atoms with Gasteiger partial charge in [0.05, 0.1) is 11.6 Å². The molecule has 0 amide bonds. The van der Waals surface area contributed by atoms with Gasteiger partial charge in [-0.25, -0.2) is 0 Å². The summed E-state index contributed by atoms with van der Waals surface area (Å²) in [7, 11) is 0. The number of allylic oxidation sites excluding steroid dienone is 1. The van der Waals surface area contributed by atoms with E-state index in [2.05, 4.69) is 29.8 Å². The molecule has 0 heterocycles. The van der Waals surface area contributed by atoms with Crippen LogP contribution in [-0.4, -0.2) is 10.7 Å². The smallest absolute Gasteiger partial charge is 0.0656 e. The lowest BCUT2D eigenvalue weighted by Gasteiger charge is -2.31. The summed E-state index contributed by atoms with van der Waals surface area (Å²) in [4.78, 5) is 0. The van der Waals surface area contributed by atoms with Crippen LogP contribution in [0, 0.1) is 17.2 Å². The third-order valence-electron chi connectivity index (χ3n) is 4.11. The molecule has 2 unspecified atom stereocenters. The minimum absolute atomic E-state index is 0.0328. The quantitative estimate of drug-likeness (QED) is 0.642. The van der Waals surface area contributed by atoms with E-state index in [-0.39, 0.29) is 5.92 Å². The molecule has 1 saturated carbocycles. The molecule has 0 radical (unpaired) electrons. The van der Waals surface area contributed by atoms with Crippen molar-refractivity contribution in [1.29, 1.82) is 5.26 Å². The molecule has 2 atom stereocenters. The highest BCUT2D eigenvalue weighted by molar-refractivity contribution is 5.30. The number of rotatable bonds is 4. The number of hydrogen-bond donors (Lipinski definition) is 2. The van der Waals surface area contributed by atoms with Gasteiger partial charge in [0, 0.05) is 5.92 Å². The second-order valence-electron chi connectivity index (χ2n) is 5.24. The third kappa shape index (κ3) is 2.86. The first kappa shape index (κ1) is 13.8. The van der Waals surface area contributed by atoms with E-state index in [0.717, 1.165) is 19.3 Å². The minimum atomic E-state index is -0.426. The largest absolute Gasteiger partial charge is 0.316 e. The van der Waals surface area contributed by atoms with Gasteiger partial charge in [0.15, 0.2) is 0 Å². The van der Waals surface area contributed by atoms with Gasteiger partial charge >= 0.3 is 0 Å². The van der Waals surface area contributed by atoms with Crippen molar-refractivity contribution in [2.24, 2.45) is 5.92 Å². The van der Waals surface area contributed by atoms with Gasteiger partial charge in [-0.05, 0) is 43.7 Å². The Hall–Kier alpha value is -1.63. The van der Waals surface area contributed by atoms with Gasteiger partial charge in [0.2, 0.25) is 0 Å². The van der Waals surface area contributed by atoms with Gasteiger partial charge in [-0.3, -0.25) is 0 Å². The van der Waals surface area contributed by atoms with Gasteiger partial charge in [0.25, 0.3) is 0 Å². The summed E-state index contributed by atoms with van der Waals surface area (Å²) in [6, 6.07) is 12.5. The molecule has 2 rings (SSSR count). The molecular formula is C16H20N2O. The lowest BCUT2D eigenvalue weighted by Crippen LogP contribution is -2.43. The van der Waals surface area contributed by atoms with Crippen LogP contribution in [0.5, 0.6) is 0 Å². The Morgan fingerprint density at radius 2 is 2.26 bits per heavy atom. The molecule has 100 valence electrons. The highest BCUT2D eigenvalue weighted by atomic mass is 16.5. The summed E-state index contributed by atoms with van der Waals surface area (Å²) in [5, 5.41) is 18.7. The van der Waals surface area contributed by atoms with Crippen molar-refractivity contribution < 1.29 is 5.21 Å². The monoisotopic (exact) mass is 256 g/mol. The highest BCUT2D eigenvalue weighted by Crippen LogP contribution is 2.40. The van der Waals surface area contributed by atoms with E-state index in [0.29, 0.717) is 6.42 Å². The number of nitrogens with zero attached hydrogens (tertiary/aromatic N) is 1. The van der Waals surface area contributed by atoms with Crippen LogP contribution in [0.2, 0.25) is 0 Å². The van der Waals surface area contributed by atoms with Crippen molar-refractivity contribution in [2.45, 2.75) is 38.1 Å². The Balaban J connectivity index is 2.19. The van der Waals surface area contributed by atoms with Gasteiger partial charge in [0.1, 0.15) is 0 Å². The number of hydrogen-bond acceptors (Lipinski definition) is 3. The molecule has 0 spiro atoms. The summed E-state index contributed by atoms with van der Waals surface area (Å²) < 4.78 is 0. The first-order valence-electron chi connectivity index (χ1n) is 6.74. The van der Waals surface area contributed by atoms with Crippen molar-refractivity contribution in [3.05, 3.63) is 47.5 Å². The van der Waals surface area contributed by atoms with Crippen LogP contribution >= 0.6 is 0 Å². The fourth-order valence-corrected chi connectivity index (χ4v) is 2.98. The third-order valence-corrected chi connectivity index (χ3v) is 4.11. The average molecular weight is 256 g/mol. The minimum Gasteiger partial charge on any atom is -0.316 e. The van der Waals surface area contributed by atoms with Crippen LogP contribution in [0.3, 0.4) is 0 Å². The topological polar surface area (TPSA) is 56.0 Å². The van der Waals surface area contributed by atoms with Gasteiger partial charge < -0.3 is 5.21 Å². The van der Waals surface area contributed by atoms with Crippen molar-refractivity contribution in [3.63, 3.8) is 0 Å². The number of nitrogens with one attached hydrogen (secondary N) is 1. The standard InChI is InChI=1S/C16H20N2O/c1-2-15(10-13-6-4-3-5-7-13)16(18-19)9-8-14(11-16)12-17/h2-7,14,18-19H,8-11H2,1H3/b15-2+. The molecule has 3 heteroatoms. The van der Waals surface area contributed by atoms with Gasteiger partial charge in [-0.2, -0.15) is 10.7 Å². The Labute approximate surface area is 114 Å². The maximum Gasteiger partial charge on any atom is 0.0656 e. The molecule has 19 heavy (non-hydrogen) atoms. The first-order chi connectivity index (χ1) is 9.24. The van der Waals surface area contributed by atoms with Crippen molar-refractivity contribution >= 4 is 0 Å². The van der Waals surface area contributed by atoms with E-state index in [4.69, 9.17) is 5.26 Å². The predicted molar refractivity (Wildman–Crippen MR) is 74.5 cm³/mol. The highest BCUT2D eigenvalue weighted by Gasteiger charge is 2.41. The molecule has 2 N–H and O–H groups in total. The molecule has 1 aliphatic rings. The van der Waals surface area contributed by atoms with E-state index >= 15 is 0 Å². The fraction of sp³-hybridized carbons (Fsp3) is 0.438. The zero-order valence-corrected chi connectivity index (χ0v) is 11.3. The van der Waals surface area contributed by atoms with Gasteiger partial charge in [-0.15, -0.1) is 0 Å². The maximum atomic E-state index is 9.61. The van der Waals surface area contributed by atoms with Crippen LogP contribution in [-0.2, 0) is 6.42 Å². The second kappa shape index (κ2) is 6.01. The van der Waals surface area contributed by atoms with Crippen molar-refractivity contribution in [3.8, 4) is 6.07 Å². The number of benzene rings is 1. The number of hydroxylamine groups is 1. The summed E-state index contributed by atoms with van der Waals surface area (Å²) in [6.07, 6.45) is 5.22. The van der Waals surface area contributed by atoms with E-state index in [1.165, 1.54) is 11.1 Å². The molecule has 1 aromatic rings. The Morgan fingerprint density at radius 3 is 2.79 bits per heavy atom. The predicted octanol–water partition coefficient (Wildman–Crippen LogP) is 3.22. The fourth-order valence-electron chi connectivity index (χ4n) is 2.98. The maximum absolute atomic E-state index is 9.61. The molecule has 3 nitrogen and oxygen atoms in total. The molecular weight excluding hydrogens is 236 g/mol. The zero-order valence-electron chi connectivity index (χ0n) is 11.3. The van der Waals surface area contributed by atoms with Crippen LogP contribution in [0.4, 0.5) is 0 Å². The van der Waals surface area contributed by atoms with E-state index in [1.807, 2.05) is 25.1 Å². The number of nitriles is 1. The van der Waals surface area contributed by atoms with Gasteiger partial charge in [-0.1, -0.05) is 36.4 Å². The van der Waals surface area contributed by atoms with E-state index in [9.17, 15) is 5.21 Å². The van der Waals surface area contributed by atoms with E-state index < -0.39 is 5.54 Å². The Morgan fingerprint density at radius 1 is 1.53 bits per heavy atom. The molecule has 1 aliphatic carbocycles. The van der Waals surface area contributed by atoms with Crippen molar-refractivity contribution in [1.82, 2.24) is 5.48 Å². The second-order valence-corrected chi connectivity index (χ2v) is 5.24. The normalized spacial score (nSPS) is 27.2. The summed E-state index contributed by atoms with van der Waals surface area (Å²) in [6.45, 7) is 2.00. The molecule has 0 saturated heterocycles. The molecule has 1 fully saturated rings. The van der Waals surface area contributed by atoms with Crippen molar-refractivity contribution in [2.75, 3.05) is 0 Å². The summed E-state index contributed by atoms with van der Waals surface area (Å²) >= 11 is 0. The Bertz CT molecular complexity index is 489. The first-order valence-corrected chi connectivity index (χ1v) is 6.74. The van der Waals surface area contributed by atoms with Crippen LogP contribution in [0.15, 0.2) is 42.0 Å². The summed E-state index contributed by atoms with van der Waals surface area (Å²) in [5.41, 5.74) is 4.46. The van der Waals surface area contributed by atoms with Crippen LogP contribution in [0.25, 0.3) is 0 Å². The van der Waals surface area contributed by atoms with Crippen LogP contribution < -0.4 is 5.48 Å². The summed E-state index contributed by atoms with van der Waals surface area (Å²) in [5.74, 6) is 0.0328. The zero-order chi connectivity index (χ0) is 13.7. The SMILES string of the molecule is C/C=C(\Cc1ccccc1)C1(NO)CCC(C#N)C1. The molecule has 0 aromatic heterocycles. The lowest BCUT2D eigenvalue weighted by atomic mass is 9.84. The molecule has 0 aliphatic heterocycles. The molecule has 0 bridgehead atoms.